The molecule has 3 rings (SSSR count). The molecule has 252 valence electrons. The maximum Gasteiger partial charge on any atom is 0.339 e. The van der Waals surface area contributed by atoms with Crippen molar-refractivity contribution in [3.05, 3.63) is 35.4 Å². The average Bonchev–Trinajstić information content (AvgIpc) is 3.04. The van der Waals surface area contributed by atoms with Gasteiger partial charge in [-0.05, 0) is 48.6 Å². The predicted molar refractivity (Wildman–Crippen MR) is 185 cm³/mol. The van der Waals surface area contributed by atoms with Crippen LogP contribution in [-0.4, -0.2) is 25.2 Å². The Morgan fingerprint density at radius 2 is 0.886 bits per heavy atom. The number of carbonyl (C=O) groups is 2. The zero-order chi connectivity index (χ0) is 31.8. The molecule has 0 unspecified atom stereocenters. The van der Waals surface area contributed by atoms with Crippen molar-refractivity contribution in [3.8, 4) is 0 Å². The van der Waals surface area contributed by atoms with Gasteiger partial charge in [0.2, 0.25) is 0 Å². The first kappa shape index (κ1) is 38.3. The van der Waals surface area contributed by atoms with Crippen LogP contribution in [0.1, 0.15) is 190 Å². The fraction of sp³-hybridized carbons (Fsp3) is 0.800. The van der Waals surface area contributed by atoms with Gasteiger partial charge in [0.25, 0.3) is 0 Å². The van der Waals surface area contributed by atoms with E-state index in [-0.39, 0.29) is 0 Å². The van der Waals surface area contributed by atoms with Gasteiger partial charge in [-0.15, -0.1) is 0 Å². The van der Waals surface area contributed by atoms with E-state index in [9.17, 15) is 9.59 Å². The lowest BCUT2D eigenvalue weighted by atomic mass is 9.73. The predicted octanol–water partition coefficient (Wildman–Crippen LogP) is 12.1. The third kappa shape index (κ3) is 17.6. The van der Waals surface area contributed by atoms with Crippen LogP contribution in [0.3, 0.4) is 0 Å². The monoisotopic (exact) mass is 613 g/mol. The van der Waals surface area contributed by atoms with E-state index in [1.807, 2.05) is 0 Å². The molecule has 2 aliphatic rings. The molecule has 2 saturated carbocycles. The first-order valence-corrected chi connectivity index (χ1v) is 18.8. The second kappa shape index (κ2) is 24.4. The molecule has 44 heavy (non-hydrogen) atoms. The molecule has 0 saturated heterocycles. The summed E-state index contributed by atoms with van der Waals surface area (Å²) in [5.41, 5.74) is 0.589. The molecule has 0 bridgehead atoms. The molecular formula is C40H68O4. The van der Waals surface area contributed by atoms with Crippen molar-refractivity contribution < 1.29 is 19.1 Å². The molecule has 0 heterocycles. The highest BCUT2D eigenvalue weighted by atomic mass is 16.5. The van der Waals surface area contributed by atoms with Gasteiger partial charge < -0.3 is 9.47 Å². The van der Waals surface area contributed by atoms with Crippen LogP contribution in [0.4, 0.5) is 0 Å². The number of esters is 2. The maximum atomic E-state index is 12.5. The van der Waals surface area contributed by atoms with E-state index in [1.54, 1.807) is 49.9 Å². The van der Waals surface area contributed by atoms with Crippen LogP contribution in [0, 0.1) is 23.7 Å². The van der Waals surface area contributed by atoms with Gasteiger partial charge in [0.05, 0.1) is 24.3 Å². The molecule has 1 aromatic carbocycles. The Bertz CT molecular complexity index is 793. The zero-order valence-electron chi connectivity index (χ0n) is 29.2. The van der Waals surface area contributed by atoms with Crippen molar-refractivity contribution >= 4 is 11.9 Å². The minimum Gasteiger partial charge on any atom is -0.462 e. The fourth-order valence-corrected chi connectivity index (χ4v) is 6.91. The van der Waals surface area contributed by atoms with Crippen LogP contribution in [0.2, 0.25) is 0 Å². The molecule has 0 atom stereocenters. The van der Waals surface area contributed by atoms with Gasteiger partial charge in [-0.1, -0.05) is 168 Å². The number of carbonyl (C=O) groups excluding carboxylic acids is 2. The van der Waals surface area contributed by atoms with Gasteiger partial charge >= 0.3 is 11.9 Å². The van der Waals surface area contributed by atoms with E-state index in [2.05, 4.69) is 27.7 Å². The smallest absolute Gasteiger partial charge is 0.339 e. The van der Waals surface area contributed by atoms with E-state index in [0.29, 0.717) is 24.3 Å². The lowest BCUT2D eigenvalue weighted by molar-refractivity contribution is 0.0450. The molecule has 2 aliphatic carbocycles. The number of unbranched alkanes of at least 4 members (excludes halogenated alkanes) is 8. The van der Waals surface area contributed by atoms with Gasteiger partial charge in [0, 0.05) is 0 Å². The van der Waals surface area contributed by atoms with Crippen LogP contribution in [0.5, 0.6) is 0 Å². The van der Waals surface area contributed by atoms with E-state index in [0.717, 1.165) is 49.4 Å². The lowest BCUT2D eigenvalue weighted by Gasteiger charge is -2.32. The van der Waals surface area contributed by atoms with Gasteiger partial charge in [-0.3, -0.25) is 0 Å². The summed E-state index contributed by atoms with van der Waals surface area (Å²) in [6, 6.07) is 6.78. The van der Waals surface area contributed by atoms with Crippen LogP contribution in [0.25, 0.3) is 0 Å². The minimum atomic E-state index is -0.442. The second-order valence-electron chi connectivity index (χ2n) is 14.5. The Morgan fingerprint density at radius 3 is 1.25 bits per heavy atom. The van der Waals surface area contributed by atoms with Crippen LogP contribution < -0.4 is 0 Å². The normalized spacial score (nSPS) is 16.0. The Labute approximate surface area is 271 Å². The summed E-state index contributed by atoms with van der Waals surface area (Å²) in [6.45, 7) is 9.80. The summed E-state index contributed by atoms with van der Waals surface area (Å²) in [5, 5.41) is 0. The molecule has 0 spiro atoms. The standard InChI is InChI=1S/C28H46O4.C12H22/c1-23(2)17-11-7-5-9-15-21-31-27(29)25-19-13-14-20-26(25)28(30)32-22-16-10-6-8-12-18-24(3)4;1-3-7-11(8-4-1)12-9-5-2-6-10-12/h13-14,19-20,23-24H,5-12,15-18,21-22H2,1-4H3;11-12H,1-10H2. The van der Waals surface area contributed by atoms with Crippen LogP contribution in [-0.2, 0) is 9.47 Å². The highest BCUT2D eigenvalue weighted by molar-refractivity contribution is 6.03. The highest BCUT2D eigenvalue weighted by Gasteiger charge is 2.24. The highest BCUT2D eigenvalue weighted by Crippen LogP contribution is 2.37. The summed E-state index contributed by atoms with van der Waals surface area (Å²) >= 11 is 0. The third-order valence-corrected chi connectivity index (χ3v) is 9.65. The van der Waals surface area contributed by atoms with Gasteiger partial charge in [0.15, 0.2) is 0 Å². The van der Waals surface area contributed by atoms with Crippen LogP contribution >= 0.6 is 0 Å². The quantitative estimate of drug-likeness (QED) is 0.115. The van der Waals surface area contributed by atoms with Gasteiger partial charge in [-0.25, -0.2) is 9.59 Å². The van der Waals surface area contributed by atoms with E-state index in [4.69, 9.17) is 9.47 Å². The SMILES string of the molecule is C1CCC(C2CCCCC2)CC1.CC(C)CCCCCCCOC(=O)c1ccccc1C(=O)OCCCCCCCC(C)C. The molecule has 0 amide bonds. The van der Waals surface area contributed by atoms with E-state index >= 15 is 0 Å². The molecule has 0 aromatic heterocycles. The molecular weight excluding hydrogens is 544 g/mol. The Kier molecular flexibility index (Phi) is 21.3. The van der Waals surface area contributed by atoms with Crippen LogP contribution in [0.15, 0.2) is 24.3 Å². The van der Waals surface area contributed by atoms with E-state index < -0.39 is 11.9 Å². The molecule has 0 N–H and O–H groups in total. The lowest BCUT2D eigenvalue weighted by Crippen LogP contribution is -2.20. The molecule has 1 aromatic rings. The molecule has 0 aliphatic heterocycles. The summed E-state index contributed by atoms with van der Waals surface area (Å²) in [5.74, 6) is 2.92. The van der Waals surface area contributed by atoms with Crippen molar-refractivity contribution in [2.45, 2.75) is 169 Å². The van der Waals surface area contributed by atoms with Crippen molar-refractivity contribution in [1.82, 2.24) is 0 Å². The minimum absolute atomic E-state index is 0.295. The first-order chi connectivity index (χ1) is 21.4. The number of hydrogen-bond donors (Lipinski definition) is 0. The maximum absolute atomic E-state index is 12.5. The Balaban J connectivity index is 0.000000461. The Morgan fingerprint density at radius 1 is 0.545 bits per heavy atom. The van der Waals surface area contributed by atoms with E-state index in [1.165, 1.54) is 89.9 Å². The first-order valence-electron chi connectivity index (χ1n) is 18.8. The number of hydrogen-bond acceptors (Lipinski definition) is 4. The largest absolute Gasteiger partial charge is 0.462 e. The zero-order valence-corrected chi connectivity index (χ0v) is 29.2. The second-order valence-corrected chi connectivity index (χ2v) is 14.5. The molecule has 4 nitrogen and oxygen atoms in total. The molecule has 2 fully saturated rings. The average molecular weight is 613 g/mol. The summed E-state index contributed by atoms with van der Waals surface area (Å²) in [4.78, 5) is 24.9. The summed E-state index contributed by atoms with van der Waals surface area (Å²) in [6.07, 6.45) is 29.1. The van der Waals surface area contributed by atoms with Gasteiger partial charge in [-0.2, -0.15) is 0 Å². The van der Waals surface area contributed by atoms with Crippen molar-refractivity contribution in [2.75, 3.05) is 13.2 Å². The van der Waals surface area contributed by atoms with Crippen molar-refractivity contribution in [3.63, 3.8) is 0 Å². The van der Waals surface area contributed by atoms with Gasteiger partial charge in [0.1, 0.15) is 0 Å². The molecule has 0 radical (unpaired) electrons. The Hall–Kier alpha value is -1.84. The number of benzene rings is 1. The number of rotatable bonds is 19. The third-order valence-electron chi connectivity index (χ3n) is 9.65. The summed E-state index contributed by atoms with van der Waals surface area (Å²) in [7, 11) is 0. The number of ether oxygens (including phenoxy) is 2. The fourth-order valence-electron chi connectivity index (χ4n) is 6.91. The molecule has 4 heteroatoms. The van der Waals surface area contributed by atoms with Crippen molar-refractivity contribution in [2.24, 2.45) is 23.7 Å². The summed E-state index contributed by atoms with van der Waals surface area (Å²) < 4.78 is 10.8. The topological polar surface area (TPSA) is 52.6 Å². The van der Waals surface area contributed by atoms with Crippen molar-refractivity contribution in [1.29, 1.82) is 0 Å².